The van der Waals surface area contributed by atoms with Crippen LogP contribution in [0.25, 0.3) is 22.9 Å². The Morgan fingerprint density at radius 2 is 2.00 bits per heavy atom. The first-order valence-corrected chi connectivity index (χ1v) is 8.85. The molecule has 0 bridgehead atoms. The SMILES string of the molecule is Cn1c(SCc2cc(-c3ccco3)on2)nnc1-c1ccccc1Cl. The number of aromatic nitrogens is 4. The van der Waals surface area contributed by atoms with Crippen LogP contribution in [0.4, 0.5) is 0 Å². The van der Waals surface area contributed by atoms with Crippen LogP contribution in [0.1, 0.15) is 5.69 Å². The third-order valence-corrected chi connectivity index (χ3v) is 5.01. The summed E-state index contributed by atoms with van der Waals surface area (Å²) in [6.45, 7) is 0. The van der Waals surface area contributed by atoms with Gasteiger partial charge < -0.3 is 13.5 Å². The smallest absolute Gasteiger partial charge is 0.202 e. The molecule has 0 aliphatic carbocycles. The molecule has 8 heteroatoms. The highest BCUT2D eigenvalue weighted by Crippen LogP contribution is 2.30. The van der Waals surface area contributed by atoms with Gasteiger partial charge in [-0.1, -0.05) is 40.7 Å². The van der Waals surface area contributed by atoms with Gasteiger partial charge in [0.25, 0.3) is 0 Å². The second-order valence-electron chi connectivity index (χ2n) is 5.29. The van der Waals surface area contributed by atoms with E-state index in [9.17, 15) is 0 Å². The topological polar surface area (TPSA) is 69.9 Å². The van der Waals surface area contributed by atoms with Gasteiger partial charge in [-0.3, -0.25) is 0 Å². The predicted molar refractivity (Wildman–Crippen MR) is 95.2 cm³/mol. The van der Waals surface area contributed by atoms with Crippen molar-refractivity contribution in [1.29, 1.82) is 0 Å². The maximum atomic E-state index is 6.25. The molecule has 4 rings (SSSR count). The summed E-state index contributed by atoms with van der Waals surface area (Å²) in [7, 11) is 1.91. The molecule has 0 fully saturated rings. The number of hydrogen-bond acceptors (Lipinski definition) is 6. The zero-order valence-electron chi connectivity index (χ0n) is 13.2. The molecule has 0 aliphatic heterocycles. The molecule has 4 aromatic rings. The summed E-state index contributed by atoms with van der Waals surface area (Å²) >= 11 is 7.77. The van der Waals surface area contributed by atoms with Crippen LogP contribution in [-0.4, -0.2) is 19.9 Å². The normalized spacial score (nSPS) is 11.1. The molecule has 25 heavy (non-hydrogen) atoms. The highest BCUT2D eigenvalue weighted by atomic mass is 35.5. The van der Waals surface area contributed by atoms with E-state index in [1.807, 2.05) is 54.1 Å². The fourth-order valence-electron chi connectivity index (χ4n) is 2.37. The number of furan rings is 1. The van der Waals surface area contributed by atoms with E-state index in [-0.39, 0.29) is 0 Å². The molecule has 1 aromatic carbocycles. The Kier molecular flexibility index (Phi) is 4.33. The molecule has 3 heterocycles. The van der Waals surface area contributed by atoms with Crippen LogP contribution in [0.3, 0.4) is 0 Å². The van der Waals surface area contributed by atoms with Crippen LogP contribution in [-0.2, 0) is 12.8 Å². The molecule has 0 saturated heterocycles. The fourth-order valence-corrected chi connectivity index (χ4v) is 3.38. The van der Waals surface area contributed by atoms with E-state index in [0.29, 0.717) is 22.3 Å². The van der Waals surface area contributed by atoms with Crippen molar-refractivity contribution in [2.45, 2.75) is 10.9 Å². The van der Waals surface area contributed by atoms with E-state index < -0.39 is 0 Å². The van der Waals surface area contributed by atoms with Crippen LogP contribution in [0.2, 0.25) is 5.02 Å². The molecule has 0 saturated carbocycles. The van der Waals surface area contributed by atoms with E-state index in [1.165, 1.54) is 11.8 Å². The van der Waals surface area contributed by atoms with Gasteiger partial charge in [-0.15, -0.1) is 10.2 Å². The number of thioether (sulfide) groups is 1. The van der Waals surface area contributed by atoms with Gasteiger partial charge in [0.2, 0.25) is 5.76 Å². The first kappa shape index (κ1) is 16.0. The Morgan fingerprint density at radius 1 is 1.12 bits per heavy atom. The van der Waals surface area contributed by atoms with Crippen molar-refractivity contribution in [3.63, 3.8) is 0 Å². The molecule has 0 unspecified atom stereocenters. The Morgan fingerprint density at radius 3 is 2.80 bits per heavy atom. The first-order chi connectivity index (χ1) is 12.2. The Bertz CT molecular complexity index is 994. The lowest BCUT2D eigenvalue weighted by Crippen LogP contribution is -1.95. The summed E-state index contributed by atoms with van der Waals surface area (Å²) in [4.78, 5) is 0. The lowest BCUT2D eigenvalue weighted by atomic mass is 10.2. The van der Waals surface area contributed by atoms with Gasteiger partial charge in [-0.05, 0) is 24.3 Å². The standard InChI is InChI=1S/C17H13ClN4O2S/c1-22-16(12-5-2-3-6-13(12)18)19-20-17(22)25-10-11-9-15(24-21-11)14-7-4-8-23-14/h2-9H,10H2,1H3. The van der Waals surface area contributed by atoms with Crippen LogP contribution < -0.4 is 0 Å². The minimum Gasteiger partial charge on any atom is -0.461 e. The number of nitrogens with zero attached hydrogens (tertiary/aromatic N) is 4. The van der Waals surface area contributed by atoms with Crippen molar-refractivity contribution < 1.29 is 8.94 Å². The van der Waals surface area contributed by atoms with E-state index in [2.05, 4.69) is 15.4 Å². The summed E-state index contributed by atoms with van der Waals surface area (Å²) in [5.41, 5.74) is 1.66. The summed E-state index contributed by atoms with van der Waals surface area (Å²) in [5.74, 6) is 2.60. The molecule has 6 nitrogen and oxygen atoms in total. The largest absolute Gasteiger partial charge is 0.461 e. The van der Waals surface area contributed by atoms with Crippen molar-refractivity contribution in [2.24, 2.45) is 7.05 Å². The summed E-state index contributed by atoms with van der Waals surface area (Å²) in [6.07, 6.45) is 1.60. The molecule has 0 N–H and O–H groups in total. The van der Waals surface area contributed by atoms with E-state index in [0.717, 1.165) is 22.2 Å². The van der Waals surface area contributed by atoms with Crippen LogP contribution >= 0.6 is 23.4 Å². The van der Waals surface area contributed by atoms with Crippen molar-refractivity contribution in [3.8, 4) is 22.9 Å². The Labute approximate surface area is 152 Å². The quantitative estimate of drug-likeness (QED) is 0.474. The Hall–Kier alpha value is -2.51. The number of hydrogen-bond donors (Lipinski definition) is 0. The second-order valence-corrected chi connectivity index (χ2v) is 6.64. The monoisotopic (exact) mass is 372 g/mol. The third-order valence-electron chi connectivity index (χ3n) is 3.62. The van der Waals surface area contributed by atoms with E-state index in [1.54, 1.807) is 6.26 Å². The number of halogens is 1. The molecule has 0 aliphatic rings. The van der Waals surface area contributed by atoms with Gasteiger partial charge in [0.05, 0.1) is 17.0 Å². The van der Waals surface area contributed by atoms with Gasteiger partial charge in [0.15, 0.2) is 16.7 Å². The van der Waals surface area contributed by atoms with Crippen molar-refractivity contribution in [2.75, 3.05) is 0 Å². The lowest BCUT2D eigenvalue weighted by molar-refractivity contribution is 0.413. The number of rotatable bonds is 5. The van der Waals surface area contributed by atoms with Crippen LogP contribution in [0, 0.1) is 0 Å². The molecule has 0 radical (unpaired) electrons. The molecule has 3 aromatic heterocycles. The average molecular weight is 373 g/mol. The summed E-state index contributed by atoms with van der Waals surface area (Å²) in [5, 5.41) is 14.0. The number of benzene rings is 1. The third kappa shape index (κ3) is 3.20. The zero-order valence-corrected chi connectivity index (χ0v) is 14.8. The van der Waals surface area contributed by atoms with Crippen LogP contribution in [0.5, 0.6) is 0 Å². The Balaban J connectivity index is 1.50. The van der Waals surface area contributed by atoms with Crippen molar-refractivity contribution >= 4 is 23.4 Å². The lowest BCUT2D eigenvalue weighted by Gasteiger charge is -2.04. The maximum Gasteiger partial charge on any atom is 0.202 e. The maximum absolute atomic E-state index is 6.25. The van der Waals surface area contributed by atoms with E-state index >= 15 is 0 Å². The zero-order chi connectivity index (χ0) is 17.2. The molecule has 0 spiro atoms. The summed E-state index contributed by atoms with van der Waals surface area (Å²) in [6, 6.07) is 13.1. The van der Waals surface area contributed by atoms with Gasteiger partial charge in [-0.2, -0.15) is 0 Å². The minimum atomic E-state index is 0.607. The highest BCUT2D eigenvalue weighted by molar-refractivity contribution is 7.98. The second kappa shape index (κ2) is 6.78. The van der Waals surface area contributed by atoms with Gasteiger partial charge in [-0.25, -0.2) is 0 Å². The van der Waals surface area contributed by atoms with Gasteiger partial charge in [0.1, 0.15) is 0 Å². The molecule has 126 valence electrons. The van der Waals surface area contributed by atoms with Crippen molar-refractivity contribution in [1.82, 2.24) is 19.9 Å². The minimum absolute atomic E-state index is 0.607. The van der Waals surface area contributed by atoms with Gasteiger partial charge in [0, 0.05) is 24.4 Å². The molecule has 0 amide bonds. The molecule has 0 atom stereocenters. The average Bonchev–Trinajstić information content (AvgIpc) is 3.35. The van der Waals surface area contributed by atoms with Gasteiger partial charge >= 0.3 is 0 Å². The fraction of sp³-hybridized carbons (Fsp3) is 0.118. The molecular weight excluding hydrogens is 360 g/mol. The van der Waals surface area contributed by atoms with Crippen molar-refractivity contribution in [3.05, 3.63) is 59.4 Å². The predicted octanol–water partition coefficient (Wildman–Crippen LogP) is 4.68. The van der Waals surface area contributed by atoms with E-state index in [4.69, 9.17) is 20.5 Å². The summed E-state index contributed by atoms with van der Waals surface area (Å²) < 4.78 is 12.5. The molecular formula is C17H13ClN4O2S. The van der Waals surface area contributed by atoms with Crippen LogP contribution in [0.15, 0.2) is 62.8 Å². The highest BCUT2D eigenvalue weighted by Gasteiger charge is 2.15. The first-order valence-electron chi connectivity index (χ1n) is 7.49.